The first-order valence-corrected chi connectivity index (χ1v) is 6.11. The van der Waals surface area contributed by atoms with Gasteiger partial charge in [0.2, 0.25) is 0 Å². The van der Waals surface area contributed by atoms with Crippen LogP contribution >= 0.6 is 0 Å². The van der Waals surface area contributed by atoms with Crippen LogP contribution in [-0.4, -0.2) is 20.0 Å². The van der Waals surface area contributed by atoms with Crippen LogP contribution in [0.4, 0.5) is 5.69 Å². The predicted octanol–water partition coefficient (Wildman–Crippen LogP) is 3.88. The molecule has 2 rings (SSSR count). The van der Waals surface area contributed by atoms with Crippen LogP contribution in [0.25, 0.3) is 10.4 Å². The lowest BCUT2D eigenvalue weighted by Gasteiger charge is -2.09. The third-order valence-electron chi connectivity index (χ3n) is 2.94. The van der Waals surface area contributed by atoms with Crippen LogP contribution in [0.5, 0.6) is 11.5 Å². The first-order valence-electron chi connectivity index (χ1n) is 6.11. The molecule has 0 heterocycles. The Labute approximate surface area is 121 Å². The molecule has 2 aromatic rings. The molecule has 2 aromatic carbocycles. The van der Waals surface area contributed by atoms with Gasteiger partial charge in [0.25, 0.3) is 0 Å². The normalized spacial score (nSPS) is 9.62. The van der Waals surface area contributed by atoms with Crippen molar-refractivity contribution >= 4 is 11.5 Å². The molecule has 0 aliphatic heterocycles. The SMILES string of the molecule is COc1ccc(C(=O)c2ccc(N=[N+]=[N-])cc2)cc1OC. The van der Waals surface area contributed by atoms with Crippen LogP contribution in [0.3, 0.4) is 0 Å². The first kappa shape index (κ1) is 14.4. The minimum Gasteiger partial charge on any atom is -0.493 e. The molecule has 0 saturated carbocycles. The summed E-state index contributed by atoms with van der Waals surface area (Å²) in [6.07, 6.45) is 0. The van der Waals surface area contributed by atoms with Gasteiger partial charge in [0.1, 0.15) is 0 Å². The molecule has 0 aliphatic rings. The predicted molar refractivity (Wildman–Crippen MR) is 78.2 cm³/mol. The van der Waals surface area contributed by atoms with E-state index < -0.39 is 0 Å². The maximum atomic E-state index is 12.4. The number of hydrogen-bond donors (Lipinski definition) is 0. The minimum atomic E-state index is -0.150. The van der Waals surface area contributed by atoms with E-state index in [2.05, 4.69) is 10.0 Å². The van der Waals surface area contributed by atoms with E-state index in [-0.39, 0.29) is 5.78 Å². The van der Waals surface area contributed by atoms with Gasteiger partial charge in [-0.25, -0.2) is 0 Å². The van der Waals surface area contributed by atoms with Crippen molar-refractivity contribution < 1.29 is 14.3 Å². The summed E-state index contributed by atoms with van der Waals surface area (Å²) < 4.78 is 10.3. The number of azide groups is 1. The highest BCUT2D eigenvalue weighted by Gasteiger charge is 2.12. The van der Waals surface area contributed by atoms with E-state index in [4.69, 9.17) is 15.0 Å². The Morgan fingerprint density at radius 2 is 1.62 bits per heavy atom. The smallest absolute Gasteiger partial charge is 0.193 e. The Morgan fingerprint density at radius 1 is 1.00 bits per heavy atom. The quantitative estimate of drug-likeness (QED) is 0.361. The number of nitrogens with zero attached hydrogens (tertiary/aromatic N) is 3. The zero-order valence-electron chi connectivity index (χ0n) is 11.6. The number of ether oxygens (including phenoxy) is 2. The molecule has 6 nitrogen and oxygen atoms in total. The van der Waals surface area contributed by atoms with Crippen LogP contribution in [0, 0.1) is 0 Å². The Balaban J connectivity index is 2.33. The number of ketones is 1. The zero-order valence-corrected chi connectivity index (χ0v) is 11.6. The second-order valence-electron chi connectivity index (χ2n) is 4.14. The molecule has 0 fully saturated rings. The number of benzene rings is 2. The van der Waals surface area contributed by atoms with E-state index in [1.165, 1.54) is 14.2 Å². The van der Waals surface area contributed by atoms with Crippen molar-refractivity contribution in [2.75, 3.05) is 14.2 Å². The highest BCUT2D eigenvalue weighted by molar-refractivity contribution is 6.09. The molecule has 0 bridgehead atoms. The van der Waals surface area contributed by atoms with Crippen molar-refractivity contribution in [3.05, 3.63) is 64.0 Å². The first-order chi connectivity index (χ1) is 10.2. The van der Waals surface area contributed by atoms with Gasteiger partial charge in [-0.05, 0) is 23.7 Å². The Morgan fingerprint density at radius 3 is 2.19 bits per heavy atom. The molecule has 21 heavy (non-hydrogen) atoms. The summed E-state index contributed by atoms with van der Waals surface area (Å²) >= 11 is 0. The summed E-state index contributed by atoms with van der Waals surface area (Å²) in [4.78, 5) is 15.1. The zero-order chi connectivity index (χ0) is 15.2. The van der Waals surface area contributed by atoms with E-state index in [1.54, 1.807) is 42.5 Å². The van der Waals surface area contributed by atoms with Crippen LogP contribution in [0.1, 0.15) is 15.9 Å². The number of carbonyl (C=O) groups excluding carboxylic acids is 1. The van der Waals surface area contributed by atoms with Gasteiger partial charge >= 0.3 is 0 Å². The Bertz CT molecular complexity index is 705. The lowest BCUT2D eigenvalue weighted by atomic mass is 10.0. The van der Waals surface area contributed by atoms with Crippen molar-refractivity contribution in [2.24, 2.45) is 5.11 Å². The highest BCUT2D eigenvalue weighted by atomic mass is 16.5. The monoisotopic (exact) mass is 283 g/mol. The summed E-state index contributed by atoms with van der Waals surface area (Å²) in [5.74, 6) is 0.908. The Kier molecular flexibility index (Phi) is 4.43. The molecule has 0 unspecified atom stereocenters. The fourth-order valence-electron chi connectivity index (χ4n) is 1.88. The minimum absolute atomic E-state index is 0.150. The van der Waals surface area contributed by atoms with E-state index in [9.17, 15) is 4.79 Å². The molecule has 6 heteroatoms. The van der Waals surface area contributed by atoms with E-state index >= 15 is 0 Å². The van der Waals surface area contributed by atoms with Crippen molar-refractivity contribution in [2.45, 2.75) is 0 Å². The maximum absolute atomic E-state index is 12.4. The molecule has 0 radical (unpaired) electrons. The number of rotatable bonds is 5. The molecule has 0 aliphatic carbocycles. The summed E-state index contributed by atoms with van der Waals surface area (Å²) in [7, 11) is 3.05. The second kappa shape index (κ2) is 6.45. The largest absolute Gasteiger partial charge is 0.493 e. The van der Waals surface area contributed by atoms with Gasteiger partial charge < -0.3 is 9.47 Å². The van der Waals surface area contributed by atoms with Gasteiger partial charge in [-0.15, -0.1) is 0 Å². The summed E-state index contributed by atoms with van der Waals surface area (Å²) in [6.45, 7) is 0. The van der Waals surface area contributed by atoms with E-state index in [1.807, 2.05) is 0 Å². The molecular weight excluding hydrogens is 270 g/mol. The molecular formula is C15H13N3O3. The summed E-state index contributed by atoms with van der Waals surface area (Å²) in [5, 5.41) is 3.46. The van der Waals surface area contributed by atoms with Crippen molar-refractivity contribution in [1.29, 1.82) is 0 Å². The van der Waals surface area contributed by atoms with Gasteiger partial charge in [-0.3, -0.25) is 4.79 Å². The van der Waals surface area contributed by atoms with Gasteiger partial charge in [-0.2, -0.15) is 0 Å². The molecule has 0 N–H and O–H groups in total. The average Bonchev–Trinajstić information content (AvgIpc) is 2.54. The van der Waals surface area contributed by atoms with E-state index in [0.29, 0.717) is 28.3 Å². The summed E-state index contributed by atoms with van der Waals surface area (Å²) in [5.41, 5.74) is 9.80. The molecule has 0 atom stereocenters. The van der Waals surface area contributed by atoms with Crippen molar-refractivity contribution in [1.82, 2.24) is 0 Å². The number of carbonyl (C=O) groups is 1. The van der Waals surface area contributed by atoms with Crippen LogP contribution in [0.15, 0.2) is 47.6 Å². The van der Waals surface area contributed by atoms with Crippen LogP contribution in [-0.2, 0) is 0 Å². The Hall–Kier alpha value is -2.98. The molecule has 0 aromatic heterocycles. The molecule has 0 amide bonds. The molecule has 0 spiro atoms. The fraction of sp³-hybridized carbons (Fsp3) is 0.133. The average molecular weight is 283 g/mol. The van der Waals surface area contributed by atoms with Crippen LogP contribution < -0.4 is 9.47 Å². The van der Waals surface area contributed by atoms with Gasteiger partial charge in [0.15, 0.2) is 17.3 Å². The lowest BCUT2D eigenvalue weighted by Crippen LogP contribution is -2.02. The topological polar surface area (TPSA) is 84.3 Å². The van der Waals surface area contributed by atoms with Gasteiger partial charge in [0.05, 0.1) is 14.2 Å². The third-order valence-corrected chi connectivity index (χ3v) is 2.94. The molecule has 0 saturated heterocycles. The van der Waals surface area contributed by atoms with E-state index in [0.717, 1.165) is 0 Å². The van der Waals surface area contributed by atoms with Crippen LogP contribution in [0.2, 0.25) is 0 Å². The van der Waals surface area contributed by atoms with Gasteiger partial charge in [-0.1, -0.05) is 29.4 Å². The second-order valence-corrected chi connectivity index (χ2v) is 4.14. The lowest BCUT2D eigenvalue weighted by molar-refractivity contribution is 0.103. The fourth-order valence-corrected chi connectivity index (χ4v) is 1.88. The number of methoxy groups -OCH3 is 2. The highest BCUT2D eigenvalue weighted by Crippen LogP contribution is 2.28. The molecule has 106 valence electrons. The number of hydrogen-bond acceptors (Lipinski definition) is 4. The van der Waals surface area contributed by atoms with Crippen molar-refractivity contribution in [3.63, 3.8) is 0 Å². The van der Waals surface area contributed by atoms with Crippen molar-refractivity contribution in [3.8, 4) is 11.5 Å². The van der Waals surface area contributed by atoms with Gasteiger partial charge in [0, 0.05) is 21.7 Å². The standard InChI is InChI=1S/C15H13N3O3/c1-20-13-8-5-11(9-14(13)21-2)15(19)10-3-6-12(7-4-10)17-18-16/h3-9H,1-2H3. The maximum Gasteiger partial charge on any atom is 0.193 e. The third kappa shape index (κ3) is 3.13. The summed E-state index contributed by atoms with van der Waals surface area (Å²) in [6, 6.07) is 11.4.